The second-order valence-electron chi connectivity index (χ2n) is 3.69. The summed E-state index contributed by atoms with van der Waals surface area (Å²) in [4.78, 5) is 3.95. The molecule has 0 radical (unpaired) electrons. The summed E-state index contributed by atoms with van der Waals surface area (Å²) in [5.41, 5.74) is 8.27. The Morgan fingerprint density at radius 2 is 1.94 bits per heavy atom. The fourth-order valence-corrected chi connectivity index (χ4v) is 1.82. The Hall–Kier alpha value is -1.38. The largest absolute Gasteiger partial charge is 0.324 e. The average Bonchev–Trinajstić information content (AvgIpc) is 2.33. The Morgan fingerprint density at radius 1 is 1.19 bits per heavy atom. The first kappa shape index (κ1) is 11.1. The lowest BCUT2D eigenvalue weighted by molar-refractivity contribution is 0.721. The Kier molecular flexibility index (Phi) is 3.54. The van der Waals surface area contributed by atoms with Crippen LogP contribution in [0, 0.1) is 0 Å². The van der Waals surface area contributed by atoms with Gasteiger partial charge >= 0.3 is 0 Å². The molecule has 2 aromatic rings. The van der Waals surface area contributed by atoms with Gasteiger partial charge < -0.3 is 5.73 Å². The van der Waals surface area contributed by atoms with E-state index in [2.05, 4.69) is 4.98 Å². The van der Waals surface area contributed by atoms with Gasteiger partial charge in [-0.05, 0) is 23.6 Å². The minimum Gasteiger partial charge on any atom is -0.324 e. The summed E-state index contributed by atoms with van der Waals surface area (Å²) in [6.07, 6.45) is 4.11. The molecule has 1 aromatic carbocycles. The van der Waals surface area contributed by atoms with Crippen LogP contribution in [0.5, 0.6) is 0 Å². The number of aromatic nitrogens is 1. The van der Waals surface area contributed by atoms with Gasteiger partial charge in [0.1, 0.15) is 0 Å². The molecular weight excluding hydrogens is 220 g/mol. The number of nitrogens with two attached hydrogens (primary N) is 1. The van der Waals surface area contributed by atoms with Crippen LogP contribution in [-0.2, 0) is 6.42 Å². The lowest BCUT2D eigenvalue weighted by Crippen LogP contribution is -2.13. The van der Waals surface area contributed by atoms with Gasteiger partial charge in [-0.3, -0.25) is 4.98 Å². The molecule has 0 aliphatic heterocycles. The predicted molar refractivity (Wildman–Crippen MR) is 66.3 cm³/mol. The molecule has 16 heavy (non-hydrogen) atoms. The molecule has 2 N–H and O–H groups in total. The molecule has 3 heteroatoms. The Morgan fingerprint density at radius 3 is 2.62 bits per heavy atom. The van der Waals surface area contributed by atoms with Crippen LogP contribution in [0.25, 0.3) is 0 Å². The van der Waals surface area contributed by atoms with Crippen molar-refractivity contribution in [2.24, 2.45) is 5.73 Å². The van der Waals surface area contributed by atoms with Crippen molar-refractivity contribution in [3.05, 3.63) is 64.9 Å². The molecule has 0 aliphatic carbocycles. The highest BCUT2D eigenvalue weighted by atomic mass is 35.5. The van der Waals surface area contributed by atoms with Crippen LogP contribution >= 0.6 is 11.6 Å². The van der Waals surface area contributed by atoms with Crippen molar-refractivity contribution in [1.82, 2.24) is 4.98 Å². The minimum atomic E-state index is -0.0268. The van der Waals surface area contributed by atoms with Crippen LogP contribution in [0.4, 0.5) is 0 Å². The number of rotatable bonds is 3. The van der Waals surface area contributed by atoms with Crippen molar-refractivity contribution >= 4 is 11.6 Å². The molecule has 0 amide bonds. The molecule has 1 aromatic heterocycles. The Balaban J connectivity index is 2.14. The first-order valence-electron chi connectivity index (χ1n) is 5.16. The molecule has 1 unspecified atom stereocenters. The highest BCUT2D eigenvalue weighted by molar-refractivity contribution is 6.31. The molecule has 0 saturated carbocycles. The lowest BCUT2D eigenvalue weighted by Gasteiger charge is -2.12. The standard InChI is InChI=1S/C13H13ClN2/c14-12-9-16-7-6-11(12)8-13(15)10-4-2-1-3-5-10/h1-7,9,13H,8,15H2. The number of benzene rings is 1. The zero-order valence-corrected chi connectivity index (χ0v) is 9.56. The SMILES string of the molecule is NC(Cc1ccncc1Cl)c1ccccc1. The molecule has 2 rings (SSSR count). The van der Waals surface area contributed by atoms with Crippen molar-refractivity contribution in [2.75, 3.05) is 0 Å². The average molecular weight is 233 g/mol. The fourth-order valence-electron chi connectivity index (χ4n) is 1.62. The van der Waals surface area contributed by atoms with E-state index in [1.54, 1.807) is 12.4 Å². The van der Waals surface area contributed by atoms with Gasteiger partial charge in [0.2, 0.25) is 0 Å². The molecule has 82 valence electrons. The summed E-state index contributed by atoms with van der Waals surface area (Å²) < 4.78 is 0. The summed E-state index contributed by atoms with van der Waals surface area (Å²) >= 11 is 6.04. The molecule has 1 heterocycles. The van der Waals surface area contributed by atoms with Gasteiger partial charge in [-0.25, -0.2) is 0 Å². The normalized spacial score (nSPS) is 12.4. The monoisotopic (exact) mass is 232 g/mol. The maximum absolute atomic E-state index is 6.12. The van der Waals surface area contributed by atoms with Crippen molar-refractivity contribution in [3.8, 4) is 0 Å². The zero-order chi connectivity index (χ0) is 11.4. The maximum atomic E-state index is 6.12. The van der Waals surface area contributed by atoms with Crippen molar-refractivity contribution in [3.63, 3.8) is 0 Å². The highest BCUT2D eigenvalue weighted by Gasteiger charge is 2.08. The van der Waals surface area contributed by atoms with Gasteiger partial charge in [-0.2, -0.15) is 0 Å². The zero-order valence-electron chi connectivity index (χ0n) is 8.81. The number of nitrogens with zero attached hydrogens (tertiary/aromatic N) is 1. The van der Waals surface area contributed by atoms with E-state index in [-0.39, 0.29) is 6.04 Å². The van der Waals surface area contributed by atoms with Gasteiger partial charge in [0.05, 0.1) is 5.02 Å². The molecule has 0 aliphatic rings. The van der Waals surface area contributed by atoms with Crippen LogP contribution in [0.2, 0.25) is 5.02 Å². The van der Waals surface area contributed by atoms with Crippen LogP contribution in [0.15, 0.2) is 48.8 Å². The number of halogens is 1. The second-order valence-corrected chi connectivity index (χ2v) is 4.10. The van der Waals surface area contributed by atoms with E-state index in [0.29, 0.717) is 5.02 Å². The third kappa shape index (κ3) is 2.60. The summed E-state index contributed by atoms with van der Waals surface area (Å²) in [6, 6.07) is 11.9. The van der Waals surface area contributed by atoms with Crippen molar-refractivity contribution in [1.29, 1.82) is 0 Å². The van der Waals surface area contributed by atoms with Crippen LogP contribution in [0.1, 0.15) is 17.2 Å². The predicted octanol–water partition coefficient (Wildman–Crippen LogP) is 2.98. The first-order chi connectivity index (χ1) is 7.77. The molecular formula is C13H13ClN2. The van der Waals surface area contributed by atoms with Crippen LogP contribution in [0.3, 0.4) is 0 Å². The van der Waals surface area contributed by atoms with E-state index in [0.717, 1.165) is 17.5 Å². The van der Waals surface area contributed by atoms with E-state index in [1.165, 1.54) is 0 Å². The summed E-state index contributed by atoms with van der Waals surface area (Å²) in [7, 11) is 0. The summed E-state index contributed by atoms with van der Waals surface area (Å²) in [5, 5.41) is 0.675. The van der Waals surface area contributed by atoms with E-state index < -0.39 is 0 Å². The third-order valence-electron chi connectivity index (χ3n) is 2.52. The molecule has 0 bridgehead atoms. The topological polar surface area (TPSA) is 38.9 Å². The van der Waals surface area contributed by atoms with Crippen molar-refractivity contribution in [2.45, 2.75) is 12.5 Å². The minimum absolute atomic E-state index is 0.0268. The van der Waals surface area contributed by atoms with Gasteiger partial charge in [0.15, 0.2) is 0 Å². The van der Waals surface area contributed by atoms with Gasteiger partial charge in [0, 0.05) is 18.4 Å². The third-order valence-corrected chi connectivity index (χ3v) is 2.86. The van der Waals surface area contributed by atoms with Gasteiger partial charge in [-0.1, -0.05) is 41.9 Å². The first-order valence-corrected chi connectivity index (χ1v) is 5.54. The molecule has 0 fully saturated rings. The van der Waals surface area contributed by atoms with E-state index in [9.17, 15) is 0 Å². The lowest BCUT2D eigenvalue weighted by atomic mass is 10.0. The smallest absolute Gasteiger partial charge is 0.0622 e. The summed E-state index contributed by atoms with van der Waals surface area (Å²) in [5.74, 6) is 0. The molecule has 0 spiro atoms. The second kappa shape index (κ2) is 5.10. The Bertz CT molecular complexity index is 456. The Labute approximate surface area is 100 Å². The maximum Gasteiger partial charge on any atom is 0.0622 e. The molecule has 2 nitrogen and oxygen atoms in total. The number of pyridine rings is 1. The summed E-state index contributed by atoms with van der Waals surface area (Å²) in [6.45, 7) is 0. The van der Waals surface area contributed by atoms with E-state index in [4.69, 9.17) is 17.3 Å². The van der Waals surface area contributed by atoms with Crippen LogP contribution < -0.4 is 5.73 Å². The number of hydrogen-bond donors (Lipinski definition) is 1. The van der Waals surface area contributed by atoms with E-state index in [1.807, 2.05) is 36.4 Å². The van der Waals surface area contributed by atoms with Gasteiger partial charge in [0.25, 0.3) is 0 Å². The quantitative estimate of drug-likeness (QED) is 0.884. The van der Waals surface area contributed by atoms with Crippen molar-refractivity contribution < 1.29 is 0 Å². The fraction of sp³-hybridized carbons (Fsp3) is 0.154. The highest BCUT2D eigenvalue weighted by Crippen LogP contribution is 2.20. The van der Waals surface area contributed by atoms with Crippen LogP contribution in [-0.4, -0.2) is 4.98 Å². The molecule has 1 atom stereocenters. The molecule has 0 saturated heterocycles. The van der Waals surface area contributed by atoms with Gasteiger partial charge in [-0.15, -0.1) is 0 Å². The number of hydrogen-bond acceptors (Lipinski definition) is 2. The van der Waals surface area contributed by atoms with E-state index >= 15 is 0 Å².